The fourth-order valence-electron chi connectivity index (χ4n) is 2.97. The summed E-state index contributed by atoms with van der Waals surface area (Å²) >= 11 is 1.29. The maximum absolute atomic E-state index is 12.5. The van der Waals surface area contributed by atoms with Gasteiger partial charge >= 0.3 is 0 Å². The molecule has 0 amide bonds. The van der Waals surface area contributed by atoms with Crippen molar-refractivity contribution in [1.82, 2.24) is 13.9 Å². The van der Waals surface area contributed by atoms with Crippen LogP contribution in [-0.4, -0.2) is 35.4 Å². The number of imidazole rings is 1. The van der Waals surface area contributed by atoms with Crippen molar-refractivity contribution in [3.05, 3.63) is 35.7 Å². The second kappa shape index (κ2) is 6.52. The molecule has 0 N–H and O–H groups in total. The normalized spacial score (nSPS) is 17.9. The van der Waals surface area contributed by atoms with E-state index < -0.39 is 10.0 Å². The van der Waals surface area contributed by atoms with Crippen LogP contribution in [0.2, 0.25) is 0 Å². The Morgan fingerprint density at radius 2 is 2.14 bits per heavy atom. The van der Waals surface area contributed by atoms with Gasteiger partial charge < -0.3 is 4.57 Å². The largest absolute Gasteiger partial charge is 0.335 e. The molecule has 3 rings (SSSR count). The molecule has 2 aromatic heterocycles. The van der Waals surface area contributed by atoms with Crippen LogP contribution < -0.4 is 0 Å². The molecular formula is C15H21N3O2S2. The maximum Gasteiger partial charge on any atom is 0.252 e. The summed E-state index contributed by atoms with van der Waals surface area (Å²) in [6, 6.07) is 3.47. The molecule has 0 saturated carbocycles. The smallest absolute Gasteiger partial charge is 0.252 e. The van der Waals surface area contributed by atoms with Crippen molar-refractivity contribution in [1.29, 1.82) is 0 Å². The van der Waals surface area contributed by atoms with E-state index in [9.17, 15) is 8.42 Å². The van der Waals surface area contributed by atoms with Gasteiger partial charge in [-0.3, -0.25) is 0 Å². The van der Waals surface area contributed by atoms with Crippen LogP contribution in [-0.2, 0) is 23.0 Å². The van der Waals surface area contributed by atoms with E-state index in [4.69, 9.17) is 0 Å². The summed E-state index contributed by atoms with van der Waals surface area (Å²) in [5.41, 5.74) is 0. The van der Waals surface area contributed by atoms with Gasteiger partial charge in [0.2, 0.25) is 0 Å². The van der Waals surface area contributed by atoms with Gasteiger partial charge in [-0.15, -0.1) is 11.3 Å². The summed E-state index contributed by atoms with van der Waals surface area (Å²) < 4.78 is 29.3. The Labute approximate surface area is 135 Å². The van der Waals surface area contributed by atoms with E-state index >= 15 is 0 Å². The molecule has 0 aromatic carbocycles. The predicted octanol–water partition coefficient (Wildman–Crippen LogP) is 2.61. The molecule has 1 saturated heterocycles. The Kier molecular flexibility index (Phi) is 4.65. The highest BCUT2D eigenvalue weighted by Crippen LogP contribution is 2.27. The van der Waals surface area contributed by atoms with E-state index in [2.05, 4.69) is 16.5 Å². The second-order valence-electron chi connectivity index (χ2n) is 5.63. The van der Waals surface area contributed by atoms with Crippen LogP contribution >= 0.6 is 11.3 Å². The molecule has 0 bridgehead atoms. The fourth-order valence-corrected chi connectivity index (χ4v) is 5.58. The summed E-state index contributed by atoms with van der Waals surface area (Å²) in [6.07, 6.45) is 6.61. The maximum atomic E-state index is 12.5. The number of thiophene rings is 1. The zero-order valence-corrected chi connectivity index (χ0v) is 14.3. The highest BCUT2D eigenvalue weighted by molar-refractivity contribution is 7.91. The van der Waals surface area contributed by atoms with E-state index in [1.807, 2.05) is 17.8 Å². The van der Waals surface area contributed by atoms with Gasteiger partial charge in [-0.25, -0.2) is 13.4 Å². The number of hydrogen-bond acceptors (Lipinski definition) is 4. The average molecular weight is 339 g/mol. The van der Waals surface area contributed by atoms with Crippen LogP contribution in [0, 0.1) is 5.92 Å². The molecule has 0 aliphatic carbocycles. The first-order valence-corrected chi connectivity index (χ1v) is 9.97. The summed E-state index contributed by atoms with van der Waals surface area (Å²) in [5, 5.41) is 1.81. The molecular weight excluding hydrogens is 318 g/mol. The molecule has 0 unspecified atom stereocenters. The number of hydrogen-bond donors (Lipinski definition) is 0. The lowest BCUT2D eigenvalue weighted by Gasteiger charge is -2.31. The minimum absolute atomic E-state index is 0.453. The summed E-state index contributed by atoms with van der Waals surface area (Å²) in [7, 11) is -3.28. The van der Waals surface area contributed by atoms with Crippen LogP contribution in [0.1, 0.15) is 25.6 Å². The van der Waals surface area contributed by atoms with Crippen molar-refractivity contribution in [2.75, 3.05) is 13.1 Å². The van der Waals surface area contributed by atoms with Gasteiger partial charge in [-0.2, -0.15) is 4.31 Å². The number of sulfonamides is 1. The summed E-state index contributed by atoms with van der Waals surface area (Å²) in [4.78, 5) is 4.35. The first-order chi connectivity index (χ1) is 10.6. The molecule has 0 atom stereocenters. The van der Waals surface area contributed by atoms with Crippen LogP contribution in [0.25, 0.3) is 0 Å². The Hall–Kier alpha value is -1.18. The number of aromatic nitrogens is 2. The minimum Gasteiger partial charge on any atom is -0.335 e. The molecule has 120 valence electrons. The van der Waals surface area contributed by atoms with Crippen molar-refractivity contribution >= 4 is 21.4 Å². The third kappa shape index (κ3) is 3.11. The Morgan fingerprint density at radius 3 is 2.77 bits per heavy atom. The molecule has 1 aliphatic rings. The minimum atomic E-state index is -3.28. The van der Waals surface area contributed by atoms with Crippen LogP contribution in [0.3, 0.4) is 0 Å². The summed E-state index contributed by atoms with van der Waals surface area (Å²) in [5.74, 6) is 1.63. The average Bonchev–Trinajstić information content (AvgIpc) is 3.19. The molecule has 7 heteroatoms. The molecule has 0 spiro atoms. The Bertz CT molecular complexity index is 699. The molecule has 1 aliphatic heterocycles. The molecule has 5 nitrogen and oxygen atoms in total. The van der Waals surface area contributed by atoms with Crippen LogP contribution in [0.15, 0.2) is 34.1 Å². The monoisotopic (exact) mass is 339 g/mol. The lowest BCUT2D eigenvalue weighted by molar-refractivity contribution is 0.252. The van der Waals surface area contributed by atoms with Crippen molar-refractivity contribution in [3.63, 3.8) is 0 Å². The third-order valence-corrected chi connectivity index (χ3v) is 7.51. The van der Waals surface area contributed by atoms with Gasteiger partial charge in [-0.1, -0.05) is 13.0 Å². The van der Waals surface area contributed by atoms with Crippen molar-refractivity contribution < 1.29 is 8.42 Å². The fraction of sp³-hybridized carbons (Fsp3) is 0.533. The third-order valence-electron chi connectivity index (χ3n) is 4.24. The van der Waals surface area contributed by atoms with Gasteiger partial charge in [0.05, 0.1) is 0 Å². The highest BCUT2D eigenvalue weighted by atomic mass is 32.2. The zero-order valence-electron chi connectivity index (χ0n) is 12.7. The summed E-state index contributed by atoms with van der Waals surface area (Å²) in [6.45, 7) is 4.27. The number of nitrogens with zero attached hydrogens (tertiary/aromatic N) is 3. The quantitative estimate of drug-likeness (QED) is 0.841. The van der Waals surface area contributed by atoms with Gasteiger partial charge in [0, 0.05) is 38.4 Å². The first kappa shape index (κ1) is 15.7. The topological polar surface area (TPSA) is 55.2 Å². The number of aryl methyl sites for hydroxylation is 1. The molecule has 22 heavy (non-hydrogen) atoms. The number of piperidine rings is 1. The number of rotatable bonds is 5. The van der Waals surface area contributed by atoms with E-state index in [1.165, 1.54) is 11.3 Å². The highest BCUT2D eigenvalue weighted by Gasteiger charge is 2.30. The second-order valence-corrected chi connectivity index (χ2v) is 8.74. The van der Waals surface area contributed by atoms with Crippen molar-refractivity contribution in [3.8, 4) is 0 Å². The molecule has 0 radical (unpaired) electrons. The Balaban J connectivity index is 1.61. The van der Waals surface area contributed by atoms with E-state index in [1.54, 1.807) is 16.4 Å². The molecule has 2 aromatic rings. The Morgan fingerprint density at radius 1 is 1.36 bits per heavy atom. The first-order valence-electron chi connectivity index (χ1n) is 7.65. The molecule has 3 heterocycles. The SMILES string of the molecule is CCc1nccn1CC1CCN(S(=O)(=O)c2cccs2)CC1. The zero-order chi connectivity index (χ0) is 15.6. The standard InChI is InChI=1S/C15H21N3O2S2/c1-2-14-16-7-10-17(14)12-13-5-8-18(9-6-13)22(19,20)15-4-3-11-21-15/h3-4,7,10-11,13H,2,5-6,8-9,12H2,1H3. The van der Waals surface area contributed by atoms with E-state index in [-0.39, 0.29) is 0 Å². The lowest BCUT2D eigenvalue weighted by atomic mass is 9.98. The van der Waals surface area contributed by atoms with E-state index in [0.717, 1.165) is 31.6 Å². The van der Waals surface area contributed by atoms with Gasteiger partial charge in [-0.05, 0) is 30.2 Å². The van der Waals surface area contributed by atoms with Gasteiger partial charge in [0.25, 0.3) is 10.0 Å². The van der Waals surface area contributed by atoms with Crippen LogP contribution in [0.4, 0.5) is 0 Å². The van der Waals surface area contributed by atoms with Crippen molar-refractivity contribution in [2.45, 2.75) is 36.9 Å². The predicted molar refractivity (Wildman–Crippen MR) is 87.4 cm³/mol. The van der Waals surface area contributed by atoms with Gasteiger partial charge in [0.1, 0.15) is 10.0 Å². The molecule has 1 fully saturated rings. The van der Waals surface area contributed by atoms with Crippen molar-refractivity contribution in [2.24, 2.45) is 5.92 Å². The van der Waals surface area contributed by atoms with Crippen LogP contribution in [0.5, 0.6) is 0 Å². The van der Waals surface area contributed by atoms with Gasteiger partial charge in [0.15, 0.2) is 0 Å². The van der Waals surface area contributed by atoms with E-state index in [0.29, 0.717) is 23.2 Å². The lowest BCUT2D eigenvalue weighted by Crippen LogP contribution is -2.39.